The predicted molar refractivity (Wildman–Crippen MR) is 51.8 cm³/mol. The SMILES string of the molecule is CCN1[C@H](C)CN(Br)C[C@@H]1C. The average Bonchev–Trinajstić information content (AvgIpc) is 1.85. The summed E-state index contributed by atoms with van der Waals surface area (Å²) >= 11 is 3.53. The average molecular weight is 221 g/mol. The van der Waals surface area contributed by atoms with Crippen molar-refractivity contribution in [2.75, 3.05) is 19.6 Å². The Bertz CT molecular complexity index is 117. The van der Waals surface area contributed by atoms with Gasteiger partial charge in [0.2, 0.25) is 0 Å². The summed E-state index contributed by atoms with van der Waals surface area (Å²) in [6, 6.07) is 1.37. The van der Waals surface area contributed by atoms with Crippen molar-refractivity contribution in [2.24, 2.45) is 0 Å². The van der Waals surface area contributed by atoms with Gasteiger partial charge in [-0.1, -0.05) is 6.92 Å². The first-order valence-electron chi connectivity index (χ1n) is 4.31. The van der Waals surface area contributed by atoms with Gasteiger partial charge in [-0.3, -0.25) is 4.90 Å². The molecule has 0 bridgehead atoms. The highest BCUT2D eigenvalue weighted by molar-refractivity contribution is 9.07. The van der Waals surface area contributed by atoms with Crippen LogP contribution < -0.4 is 0 Å². The highest BCUT2D eigenvalue weighted by atomic mass is 79.9. The Morgan fingerprint density at radius 2 is 1.73 bits per heavy atom. The largest absolute Gasteiger partial charge is 0.296 e. The fourth-order valence-corrected chi connectivity index (χ4v) is 2.75. The van der Waals surface area contributed by atoms with E-state index in [1.807, 2.05) is 0 Å². The molecule has 3 heteroatoms. The van der Waals surface area contributed by atoms with Crippen LogP contribution in [0.2, 0.25) is 0 Å². The number of hydrogen-bond acceptors (Lipinski definition) is 2. The van der Waals surface area contributed by atoms with Crippen molar-refractivity contribution in [3.8, 4) is 0 Å². The zero-order valence-electron chi connectivity index (χ0n) is 7.55. The number of nitrogens with zero attached hydrogens (tertiary/aromatic N) is 2. The molecule has 1 aliphatic heterocycles. The van der Waals surface area contributed by atoms with Gasteiger partial charge >= 0.3 is 0 Å². The minimum atomic E-state index is 0.683. The third kappa shape index (κ3) is 2.17. The summed E-state index contributed by atoms with van der Waals surface area (Å²) in [5.41, 5.74) is 0. The Kier molecular flexibility index (Phi) is 3.34. The van der Waals surface area contributed by atoms with Crippen LogP contribution in [0, 0.1) is 0 Å². The maximum Gasteiger partial charge on any atom is 0.0247 e. The molecule has 1 rings (SSSR count). The highest BCUT2D eigenvalue weighted by Crippen LogP contribution is 2.16. The van der Waals surface area contributed by atoms with Crippen LogP contribution >= 0.6 is 16.1 Å². The number of likely N-dealkylation sites (N-methyl/N-ethyl adjacent to an activating group) is 1. The molecule has 0 unspecified atom stereocenters. The lowest BCUT2D eigenvalue weighted by Crippen LogP contribution is -2.53. The van der Waals surface area contributed by atoms with Crippen LogP contribution in [0.15, 0.2) is 0 Å². The molecular weight excluding hydrogens is 204 g/mol. The second-order valence-corrected chi connectivity index (χ2v) is 4.36. The molecule has 11 heavy (non-hydrogen) atoms. The van der Waals surface area contributed by atoms with Gasteiger partial charge in [-0.2, -0.15) is 0 Å². The molecule has 1 heterocycles. The first-order valence-corrected chi connectivity index (χ1v) is 5.02. The van der Waals surface area contributed by atoms with Crippen molar-refractivity contribution >= 4 is 16.1 Å². The van der Waals surface area contributed by atoms with Gasteiger partial charge in [0.15, 0.2) is 0 Å². The zero-order valence-corrected chi connectivity index (χ0v) is 9.13. The number of piperazine rings is 1. The quantitative estimate of drug-likeness (QED) is 0.622. The molecule has 66 valence electrons. The minimum absolute atomic E-state index is 0.683. The first kappa shape index (κ1) is 9.49. The zero-order chi connectivity index (χ0) is 8.43. The monoisotopic (exact) mass is 220 g/mol. The molecule has 0 spiro atoms. The smallest absolute Gasteiger partial charge is 0.0247 e. The van der Waals surface area contributed by atoms with E-state index in [9.17, 15) is 0 Å². The Morgan fingerprint density at radius 1 is 1.27 bits per heavy atom. The molecule has 0 aromatic carbocycles. The van der Waals surface area contributed by atoms with Crippen LogP contribution in [0.1, 0.15) is 20.8 Å². The highest BCUT2D eigenvalue weighted by Gasteiger charge is 2.26. The summed E-state index contributed by atoms with van der Waals surface area (Å²) in [5, 5.41) is 0. The van der Waals surface area contributed by atoms with Gasteiger partial charge in [0, 0.05) is 41.3 Å². The standard InChI is InChI=1S/C8H17BrN2/c1-4-11-7(2)5-10(9)6-8(11)3/h7-8H,4-6H2,1-3H3/t7-,8+. The second-order valence-electron chi connectivity index (χ2n) is 3.36. The van der Waals surface area contributed by atoms with Gasteiger partial charge in [-0.05, 0) is 20.4 Å². The molecule has 1 saturated heterocycles. The van der Waals surface area contributed by atoms with Gasteiger partial charge in [-0.15, -0.1) is 0 Å². The summed E-state index contributed by atoms with van der Waals surface area (Å²) in [6.07, 6.45) is 0. The summed E-state index contributed by atoms with van der Waals surface area (Å²) < 4.78 is 2.23. The van der Waals surface area contributed by atoms with E-state index in [0.29, 0.717) is 12.1 Å². The van der Waals surface area contributed by atoms with Crippen molar-refractivity contribution in [3.05, 3.63) is 0 Å². The Labute approximate surface area is 77.9 Å². The van der Waals surface area contributed by atoms with Crippen LogP contribution in [0.5, 0.6) is 0 Å². The van der Waals surface area contributed by atoms with Gasteiger partial charge in [0.1, 0.15) is 0 Å². The predicted octanol–water partition coefficient (Wildman–Crippen LogP) is 1.71. The topological polar surface area (TPSA) is 6.48 Å². The molecule has 2 atom stereocenters. The fourth-order valence-electron chi connectivity index (χ4n) is 1.92. The van der Waals surface area contributed by atoms with Crippen LogP contribution in [0.4, 0.5) is 0 Å². The van der Waals surface area contributed by atoms with Crippen molar-refractivity contribution in [1.82, 2.24) is 8.83 Å². The minimum Gasteiger partial charge on any atom is -0.296 e. The van der Waals surface area contributed by atoms with Crippen molar-refractivity contribution in [3.63, 3.8) is 0 Å². The lowest BCUT2D eigenvalue weighted by molar-refractivity contribution is 0.0910. The normalized spacial score (nSPS) is 36.0. The van der Waals surface area contributed by atoms with E-state index in [1.54, 1.807) is 0 Å². The molecule has 1 fully saturated rings. The van der Waals surface area contributed by atoms with Crippen LogP contribution in [0.25, 0.3) is 0 Å². The third-order valence-electron chi connectivity index (χ3n) is 2.42. The van der Waals surface area contributed by atoms with Crippen LogP contribution in [-0.4, -0.2) is 40.5 Å². The van der Waals surface area contributed by atoms with Gasteiger partial charge < -0.3 is 0 Å². The lowest BCUT2D eigenvalue weighted by atomic mass is 10.1. The van der Waals surface area contributed by atoms with Crippen molar-refractivity contribution in [1.29, 1.82) is 0 Å². The third-order valence-corrected chi connectivity index (χ3v) is 3.00. The van der Waals surface area contributed by atoms with Crippen molar-refractivity contribution < 1.29 is 0 Å². The molecule has 0 aromatic heterocycles. The Hall–Kier alpha value is 0.400. The van der Waals surface area contributed by atoms with E-state index >= 15 is 0 Å². The van der Waals surface area contributed by atoms with E-state index in [4.69, 9.17) is 0 Å². The van der Waals surface area contributed by atoms with Gasteiger partial charge in [0.05, 0.1) is 0 Å². The maximum atomic E-state index is 3.53. The van der Waals surface area contributed by atoms with Crippen LogP contribution in [-0.2, 0) is 0 Å². The molecule has 1 aliphatic rings. The maximum absolute atomic E-state index is 3.53. The number of rotatable bonds is 1. The fraction of sp³-hybridized carbons (Fsp3) is 1.00. The summed E-state index contributed by atoms with van der Waals surface area (Å²) in [6.45, 7) is 10.2. The summed E-state index contributed by atoms with van der Waals surface area (Å²) in [5.74, 6) is 0. The molecule has 0 saturated carbocycles. The second kappa shape index (κ2) is 3.87. The van der Waals surface area contributed by atoms with E-state index in [-0.39, 0.29) is 0 Å². The first-order chi connectivity index (χ1) is 5.15. The van der Waals surface area contributed by atoms with Crippen LogP contribution in [0.3, 0.4) is 0 Å². The molecule has 0 radical (unpaired) electrons. The van der Waals surface area contributed by atoms with E-state index < -0.39 is 0 Å². The molecule has 0 N–H and O–H groups in total. The molecule has 2 nitrogen and oxygen atoms in total. The van der Waals surface area contributed by atoms with Crippen molar-refractivity contribution in [2.45, 2.75) is 32.9 Å². The van der Waals surface area contributed by atoms with E-state index in [0.717, 1.165) is 13.1 Å². The van der Waals surface area contributed by atoms with E-state index in [1.165, 1.54) is 6.54 Å². The molecule has 0 aliphatic carbocycles. The summed E-state index contributed by atoms with van der Waals surface area (Å²) in [4.78, 5) is 2.54. The lowest BCUT2D eigenvalue weighted by Gasteiger charge is -2.41. The molecular formula is C8H17BrN2. The number of hydrogen-bond donors (Lipinski definition) is 0. The Balaban J connectivity index is 2.52. The summed E-state index contributed by atoms with van der Waals surface area (Å²) in [7, 11) is 0. The van der Waals surface area contributed by atoms with Gasteiger partial charge in [0.25, 0.3) is 0 Å². The molecule has 0 amide bonds. The molecule has 0 aromatic rings. The number of halogens is 1. The Morgan fingerprint density at radius 3 is 2.09 bits per heavy atom. The van der Waals surface area contributed by atoms with E-state index in [2.05, 4.69) is 45.7 Å². The van der Waals surface area contributed by atoms with Gasteiger partial charge in [-0.25, -0.2) is 3.93 Å².